The van der Waals surface area contributed by atoms with Gasteiger partial charge >= 0.3 is 5.97 Å². The minimum absolute atomic E-state index is 0.0343. The quantitative estimate of drug-likeness (QED) is 0.555. The Morgan fingerprint density at radius 2 is 2.00 bits per heavy atom. The van der Waals surface area contributed by atoms with E-state index in [2.05, 4.69) is 15.9 Å². The number of hydrogen-bond acceptors (Lipinski definition) is 4. The molecule has 0 radical (unpaired) electrons. The number of carbonyl (C=O) groups is 3. The first-order chi connectivity index (χ1) is 10.8. The first-order valence-electron chi connectivity index (χ1n) is 7.73. The maximum absolute atomic E-state index is 13.0. The van der Waals surface area contributed by atoms with Gasteiger partial charge in [-0.15, -0.1) is 0 Å². The molecule has 2 aliphatic carbocycles. The van der Waals surface area contributed by atoms with Crippen molar-refractivity contribution in [3.8, 4) is 0 Å². The molecule has 1 fully saturated rings. The predicted molar refractivity (Wildman–Crippen MR) is 88.2 cm³/mol. The Kier molecular flexibility index (Phi) is 3.95. The van der Waals surface area contributed by atoms with Crippen molar-refractivity contribution in [2.75, 3.05) is 7.11 Å². The number of carbonyl (C=O) groups excluding carboxylic acids is 3. The zero-order valence-corrected chi connectivity index (χ0v) is 15.0. The van der Waals surface area contributed by atoms with E-state index in [1.165, 1.54) is 7.11 Å². The molecule has 3 rings (SSSR count). The molecular weight excluding hydrogens is 360 g/mol. The molecular formula is C18H19BrO4. The molecule has 1 aromatic carbocycles. The van der Waals surface area contributed by atoms with Crippen molar-refractivity contribution in [2.45, 2.75) is 32.1 Å². The molecule has 0 saturated heterocycles. The van der Waals surface area contributed by atoms with Crippen molar-refractivity contribution in [1.82, 2.24) is 0 Å². The molecule has 2 aliphatic rings. The molecule has 1 saturated carbocycles. The third-order valence-corrected chi connectivity index (χ3v) is 5.90. The summed E-state index contributed by atoms with van der Waals surface area (Å²) < 4.78 is 5.72. The molecule has 0 aliphatic heterocycles. The summed E-state index contributed by atoms with van der Waals surface area (Å²) in [6, 6.07) is 5.66. The van der Waals surface area contributed by atoms with Crippen LogP contribution in [0, 0.1) is 17.8 Å². The van der Waals surface area contributed by atoms with Crippen LogP contribution in [-0.4, -0.2) is 24.6 Å². The molecule has 0 aromatic heterocycles. The molecule has 3 unspecified atom stereocenters. The largest absolute Gasteiger partial charge is 0.468 e. The molecule has 5 heteroatoms. The van der Waals surface area contributed by atoms with Crippen molar-refractivity contribution in [1.29, 1.82) is 0 Å². The van der Waals surface area contributed by atoms with Gasteiger partial charge < -0.3 is 4.74 Å². The van der Waals surface area contributed by atoms with E-state index < -0.39 is 17.3 Å². The average Bonchev–Trinajstić information content (AvgIpc) is 2.51. The fraction of sp³-hybridized carbons (Fsp3) is 0.500. The number of methoxy groups -OCH3 is 1. The van der Waals surface area contributed by atoms with Crippen molar-refractivity contribution in [3.63, 3.8) is 0 Å². The van der Waals surface area contributed by atoms with Crippen LogP contribution in [0.2, 0.25) is 0 Å². The van der Waals surface area contributed by atoms with Crippen molar-refractivity contribution >= 4 is 33.5 Å². The van der Waals surface area contributed by atoms with Gasteiger partial charge in [-0.1, -0.05) is 35.8 Å². The Labute approximate surface area is 143 Å². The molecule has 0 bridgehead atoms. The monoisotopic (exact) mass is 378 g/mol. The lowest BCUT2D eigenvalue weighted by Gasteiger charge is -2.49. The maximum Gasteiger partial charge on any atom is 0.316 e. The van der Waals surface area contributed by atoms with E-state index in [1.54, 1.807) is 0 Å². The smallest absolute Gasteiger partial charge is 0.316 e. The highest BCUT2D eigenvalue weighted by molar-refractivity contribution is 9.10. The number of fused-ring (bicyclic) bond motifs is 2. The molecule has 122 valence electrons. The van der Waals surface area contributed by atoms with Crippen LogP contribution in [0.4, 0.5) is 0 Å². The fourth-order valence-corrected chi connectivity index (χ4v) is 4.71. The molecule has 0 heterocycles. The first-order valence-corrected chi connectivity index (χ1v) is 8.53. The van der Waals surface area contributed by atoms with Gasteiger partial charge in [0.25, 0.3) is 0 Å². The van der Waals surface area contributed by atoms with Gasteiger partial charge in [-0.2, -0.15) is 0 Å². The zero-order chi connectivity index (χ0) is 16.9. The van der Waals surface area contributed by atoms with Crippen LogP contribution in [0.1, 0.15) is 42.6 Å². The van der Waals surface area contributed by atoms with Gasteiger partial charge in [0.15, 0.2) is 5.78 Å². The van der Waals surface area contributed by atoms with Crippen LogP contribution in [0.3, 0.4) is 0 Å². The van der Waals surface area contributed by atoms with Crippen LogP contribution in [0.5, 0.6) is 0 Å². The van der Waals surface area contributed by atoms with Crippen LogP contribution >= 0.6 is 15.9 Å². The molecule has 0 spiro atoms. The number of hydrogen-bond donors (Lipinski definition) is 0. The fourth-order valence-electron chi connectivity index (χ4n) is 4.35. The second-order valence-corrected chi connectivity index (χ2v) is 7.83. The SMILES string of the molecule is COC(=O)C1C(=O)CCC2C(=O)c3cc(Br)ccc3C(C)(C)C21. The number of ether oxygens (including phenoxy) is 1. The third-order valence-electron chi connectivity index (χ3n) is 5.41. The lowest BCUT2D eigenvalue weighted by molar-refractivity contribution is -0.156. The average molecular weight is 379 g/mol. The molecule has 0 amide bonds. The van der Waals surface area contributed by atoms with Crippen molar-refractivity contribution in [2.24, 2.45) is 17.8 Å². The molecule has 3 atom stereocenters. The zero-order valence-electron chi connectivity index (χ0n) is 13.4. The predicted octanol–water partition coefficient (Wildman–Crippen LogP) is 3.31. The van der Waals surface area contributed by atoms with Crippen molar-refractivity contribution in [3.05, 3.63) is 33.8 Å². The van der Waals surface area contributed by atoms with Crippen LogP contribution in [0.15, 0.2) is 22.7 Å². The minimum Gasteiger partial charge on any atom is -0.468 e. The maximum atomic E-state index is 13.0. The molecule has 23 heavy (non-hydrogen) atoms. The summed E-state index contributed by atoms with van der Waals surface area (Å²) in [5.41, 5.74) is 1.14. The number of benzene rings is 1. The topological polar surface area (TPSA) is 60.4 Å². The van der Waals surface area contributed by atoms with Crippen LogP contribution in [-0.2, 0) is 19.7 Å². The van der Waals surface area contributed by atoms with Gasteiger partial charge in [0.05, 0.1) is 7.11 Å². The minimum atomic E-state index is -0.852. The Balaban J connectivity index is 2.19. The summed E-state index contributed by atoms with van der Waals surface area (Å²) in [6.45, 7) is 4.02. The Bertz CT molecular complexity index is 699. The number of Topliss-reactive ketones (excluding diaryl/α,β-unsaturated/α-hetero) is 2. The van der Waals surface area contributed by atoms with E-state index in [0.29, 0.717) is 12.0 Å². The Hall–Kier alpha value is -1.49. The summed E-state index contributed by atoms with van der Waals surface area (Å²) in [6.07, 6.45) is 0.761. The van der Waals surface area contributed by atoms with E-state index in [9.17, 15) is 14.4 Å². The van der Waals surface area contributed by atoms with Gasteiger partial charge in [-0.05, 0) is 35.4 Å². The summed E-state index contributed by atoms with van der Waals surface area (Å²) in [4.78, 5) is 37.6. The van der Waals surface area contributed by atoms with Crippen molar-refractivity contribution < 1.29 is 19.1 Å². The molecule has 0 N–H and O–H groups in total. The summed E-state index contributed by atoms with van der Waals surface area (Å²) in [5.74, 6) is -2.11. The molecule has 4 nitrogen and oxygen atoms in total. The standard InChI is InChI=1S/C18H19BrO4/c1-18(2)12-6-4-9(19)8-11(12)16(21)10-5-7-13(20)14(15(10)18)17(22)23-3/h4,6,8,10,14-15H,5,7H2,1-3H3. The number of halogens is 1. The normalized spacial score (nSPS) is 28.8. The Morgan fingerprint density at radius 3 is 2.65 bits per heavy atom. The summed E-state index contributed by atoms with van der Waals surface area (Å²) >= 11 is 3.42. The van der Waals surface area contributed by atoms with E-state index in [1.807, 2.05) is 32.0 Å². The number of esters is 1. The van der Waals surface area contributed by atoms with E-state index >= 15 is 0 Å². The highest BCUT2D eigenvalue weighted by atomic mass is 79.9. The van der Waals surface area contributed by atoms with Crippen LogP contribution in [0.25, 0.3) is 0 Å². The molecule has 1 aromatic rings. The second-order valence-electron chi connectivity index (χ2n) is 6.91. The van der Waals surface area contributed by atoms with Gasteiger partial charge in [-0.25, -0.2) is 0 Å². The van der Waals surface area contributed by atoms with E-state index in [-0.39, 0.29) is 29.8 Å². The third kappa shape index (κ3) is 2.36. The first kappa shape index (κ1) is 16.4. The second kappa shape index (κ2) is 5.55. The van der Waals surface area contributed by atoms with Gasteiger partial charge in [0.2, 0.25) is 0 Å². The lowest BCUT2D eigenvalue weighted by Crippen LogP contribution is -2.54. The van der Waals surface area contributed by atoms with E-state index in [4.69, 9.17) is 4.74 Å². The highest BCUT2D eigenvalue weighted by Crippen LogP contribution is 2.52. The van der Waals surface area contributed by atoms with Gasteiger partial charge in [0.1, 0.15) is 11.7 Å². The number of rotatable bonds is 1. The van der Waals surface area contributed by atoms with Crippen LogP contribution < -0.4 is 0 Å². The summed E-state index contributed by atoms with van der Waals surface area (Å²) in [5, 5.41) is 0. The Morgan fingerprint density at radius 1 is 1.30 bits per heavy atom. The van der Waals surface area contributed by atoms with Gasteiger partial charge in [-0.3, -0.25) is 14.4 Å². The van der Waals surface area contributed by atoms with Gasteiger partial charge in [0, 0.05) is 22.4 Å². The lowest BCUT2D eigenvalue weighted by atomic mass is 9.53. The van der Waals surface area contributed by atoms with E-state index in [0.717, 1.165) is 10.0 Å². The highest BCUT2D eigenvalue weighted by Gasteiger charge is 2.56. The summed E-state index contributed by atoms with van der Waals surface area (Å²) in [7, 11) is 1.29. The number of ketones is 2.